The molecule has 0 saturated carbocycles. The van der Waals surface area contributed by atoms with E-state index in [4.69, 9.17) is 0 Å². The number of hydrogen-bond donors (Lipinski definition) is 1. The third kappa shape index (κ3) is 3.01. The fourth-order valence-electron chi connectivity index (χ4n) is 1.86. The van der Waals surface area contributed by atoms with Crippen molar-refractivity contribution in [2.75, 3.05) is 12.4 Å². The second kappa shape index (κ2) is 5.03. The number of hydrogen-bond acceptors (Lipinski definition) is 4. The number of nitrogens with zero attached hydrogens (tertiary/aromatic N) is 1. The van der Waals surface area contributed by atoms with E-state index in [2.05, 4.69) is 10.1 Å². The van der Waals surface area contributed by atoms with Crippen LogP contribution in [0.3, 0.4) is 0 Å². The van der Waals surface area contributed by atoms with Gasteiger partial charge in [-0.3, -0.25) is 14.5 Å². The van der Waals surface area contributed by atoms with Crippen LogP contribution in [0.1, 0.15) is 6.42 Å². The van der Waals surface area contributed by atoms with Crippen LogP contribution in [0.4, 0.5) is 18.9 Å². The first kappa shape index (κ1) is 14.2. The highest BCUT2D eigenvalue weighted by atomic mass is 19.4. The molecule has 1 aliphatic heterocycles. The normalized spacial score (nSPS) is 19.4. The summed E-state index contributed by atoms with van der Waals surface area (Å²) >= 11 is 0. The summed E-state index contributed by atoms with van der Waals surface area (Å²) in [5.41, 5.74) is 0.00581. The van der Waals surface area contributed by atoms with Crippen molar-refractivity contribution in [1.29, 1.82) is 0 Å². The minimum absolute atomic E-state index is 0.00581. The average molecular weight is 288 g/mol. The van der Waals surface area contributed by atoms with Crippen molar-refractivity contribution in [3.05, 3.63) is 24.3 Å². The van der Waals surface area contributed by atoms with Crippen LogP contribution in [-0.4, -0.2) is 36.2 Å². The number of carbonyl (C=O) groups is 2. The summed E-state index contributed by atoms with van der Waals surface area (Å²) < 4.78 is 40.6. The number of alkyl halides is 3. The molecule has 2 rings (SSSR count). The minimum atomic E-state index is -4.83. The predicted molar refractivity (Wildman–Crippen MR) is 62.9 cm³/mol. The number of carbonyl (C=O) groups excluding carboxylic acids is 2. The number of ether oxygens (including phenoxy) is 1. The molecule has 0 aromatic heterocycles. The van der Waals surface area contributed by atoms with Gasteiger partial charge in [-0.25, -0.2) is 0 Å². The van der Waals surface area contributed by atoms with Crippen molar-refractivity contribution in [2.45, 2.75) is 18.8 Å². The Hall–Kier alpha value is -2.25. The Morgan fingerprint density at radius 2 is 1.95 bits per heavy atom. The molecule has 1 aliphatic rings. The second-order valence-electron chi connectivity index (χ2n) is 4.24. The molecule has 20 heavy (non-hydrogen) atoms. The van der Waals surface area contributed by atoms with Crippen molar-refractivity contribution in [2.24, 2.45) is 0 Å². The Balaban J connectivity index is 2.18. The van der Waals surface area contributed by atoms with Gasteiger partial charge in [-0.05, 0) is 12.1 Å². The molecule has 0 bridgehead atoms. The summed E-state index contributed by atoms with van der Waals surface area (Å²) in [5.74, 6) is -1.33. The lowest BCUT2D eigenvalue weighted by Crippen LogP contribution is -2.32. The van der Waals surface area contributed by atoms with Crippen LogP contribution in [0.2, 0.25) is 0 Å². The van der Waals surface area contributed by atoms with Gasteiger partial charge in [0.05, 0.1) is 12.1 Å². The van der Waals surface area contributed by atoms with Crippen molar-refractivity contribution < 1.29 is 27.5 Å². The van der Waals surface area contributed by atoms with Gasteiger partial charge < -0.3 is 10.1 Å². The maximum Gasteiger partial charge on any atom is 0.573 e. The Kier molecular flexibility index (Phi) is 3.56. The summed E-state index contributed by atoms with van der Waals surface area (Å²) in [6.07, 6.45) is -4.93. The van der Waals surface area contributed by atoms with E-state index in [0.717, 1.165) is 11.0 Å². The number of amides is 2. The van der Waals surface area contributed by atoms with Gasteiger partial charge in [-0.1, -0.05) is 12.1 Å². The number of para-hydroxylation sites is 2. The fraction of sp³-hybridized carbons (Fsp3) is 0.333. The van der Waals surface area contributed by atoms with Gasteiger partial charge in [0.25, 0.3) is 5.91 Å². The Morgan fingerprint density at radius 3 is 2.50 bits per heavy atom. The number of likely N-dealkylation sites (tertiary alicyclic amines) is 1. The SMILES string of the molecule is CN1C(=O)CC(Nc2ccccc2OC(F)(F)F)C1=O. The highest BCUT2D eigenvalue weighted by molar-refractivity contribution is 6.06. The van der Waals surface area contributed by atoms with Crippen molar-refractivity contribution in [1.82, 2.24) is 4.90 Å². The summed E-state index contributed by atoms with van der Waals surface area (Å²) in [5, 5.41) is 2.61. The average Bonchev–Trinajstić information content (AvgIpc) is 2.58. The molecule has 8 heteroatoms. The number of imide groups is 1. The number of benzene rings is 1. The highest BCUT2D eigenvalue weighted by Crippen LogP contribution is 2.31. The molecule has 1 fully saturated rings. The number of rotatable bonds is 3. The largest absolute Gasteiger partial charge is 0.573 e. The van der Waals surface area contributed by atoms with Gasteiger partial charge >= 0.3 is 6.36 Å². The van der Waals surface area contributed by atoms with E-state index in [1.54, 1.807) is 0 Å². The van der Waals surface area contributed by atoms with Gasteiger partial charge in [0.15, 0.2) is 5.75 Å². The summed E-state index contributed by atoms with van der Waals surface area (Å²) in [6, 6.07) is 4.46. The van der Waals surface area contributed by atoms with Gasteiger partial charge in [-0.15, -0.1) is 13.2 Å². The Labute approximate surface area is 112 Å². The first-order valence-corrected chi connectivity index (χ1v) is 5.69. The highest BCUT2D eigenvalue weighted by Gasteiger charge is 2.37. The van der Waals surface area contributed by atoms with E-state index >= 15 is 0 Å². The van der Waals surface area contributed by atoms with Crippen molar-refractivity contribution in [3.8, 4) is 5.75 Å². The van der Waals surface area contributed by atoms with Gasteiger partial charge in [-0.2, -0.15) is 0 Å². The first-order valence-electron chi connectivity index (χ1n) is 5.69. The third-order valence-electron chi connectivity index (χ3n) is 2.82. The Morgan fingerprint density at radius 1 is 1.30 bits per heavy atom. The summed E-state index contributed by atoms with van der Waals surface area (Å²) in [6.45, 7) is 0. The molecule has 1 unspecified atom stereocenters. The zero-order chi connectivity index (χ0) is 14.9. The van der Waals surface area contributed by atoms with Crippen LogP contribution < -0.4 is 10.1 Å². The van der Waals surface area contributed by atoms with Gasteiger partial charge in [0.2, 0.25) is 5.91 Å². The van der Waals surface area contributed by atoms with Crippen molar-refractivity contribution >= 4 is 17.5 Å². The van der Waals surface area contributed by atoms with E-state index in [0.29, 0.717) is 0 Å². The van der Waals surface area contributed by atoms with Crippen LogP contribution in [0, 0.1) is 0 Å². The zero-order valence-corrected chi connectivity index (χ0v) is 10.4. The maximum absolute atomic E-state index is 12.3. The molecule has 5 nitrogen and oxygen atoms in total. The van der Waals surface area contributed by atoms with Crippen LogP contribution in [0.15, 0.2) is 24.3 Å². The molecule has 1 saturated heterocycles. The smallest absolute Gasteiger partial charge is 0.404 e. The maximum atomic E-state index is 12.3. The second-order valence-corrected chi connectivity index (χ2v) is 4.24. The van der Waals surface area contributed by atoms with Gasteiger partial charge in [0.1, 0.15) is 6.04 Å². The molecule has 0 radical (unpaired) electrons. The van der Waals surface area contributed by atoms with Crippen molar-refractivity contribution in [3.63, 3.8) is 0 Å². The molecule has 0 spiro atoms. The van der Waals surface area contributed by atoms with E-state index < -0.39 is 24.1 Å². The quantitative estimate of drug-likeness (QED) is 0.861. The lowest BCUT2D eigenvalue weighted by Gasteiger charge is -2.17. The molecule has 1 N–H and O–H groups in total. The molecule has 1 aromatic rings. The Bertz CT molecular complexity index is 545. The third-order valence-corrected chi connectivity index (χ3v) is 2.82. The van der Waals surface area contributed by atoms with E-state index in [1.807, 2.05) is 0 Å². The van der Waals surface area contributed by atoms with Crippen LogP contribution in [0.25, 0.3) is 0 Å². The molecule has 1 aromatic carbocycles. The monoisotopic (exact) mass is 288 g/mol. The molecule has 108 valence electrons. The van der Waals surface area contributed by atoms with E-state index in [-0.39, 0.29) is 18.0 Å². The molecule has 1 heterocycles. The first-order chi connectivity index (χ1) is 9.28. The number of likely N-dealkylation sites (N-methyl/N-ethyl adjacent to an activating group) is 1. The number of nitrogens with one attached hydrogen (secondary N) is 1. The molecule has 0 aliphatic carbocycles. The summed E-state index contributed by atoms with van der Waals surface area (Å²) in [4.78, 5) is 24.0. The summed E-state index contributed by atoms with van der Waals surface area (Å²) in [7, 11) is 1.32. The van der Waals surface area contributed by atoms with E-state index in [9.17, 15) is 22.8 Å². The van der Waals surface area contributed by atoms with Crippen LogP contribution in [-0.2, 0) is 9.59 Å². The standard InChI is InChI=1S/C12H11F3N2O3/c1-17-10(18)6-8(11(17)19)16-7-4-2-3-5-9(7)20-12(13,14)15/h2-5,8,16H,6H2,1H3. The van der Waals surface area contributed by atoms with Crippen LogP contribution >= 0.6 is 0 Å². The fourth-order valence-corrected chi connectivity index (χ4v) is 1.86. The minimum Gasteiger partial charge on any atom is -0.404 e. The van der Waals surface area contributed by atoms with Gasteiger partial charge in [0, 0.05) is 7.05 Å². The molecule has 2 amide bonds. The number of halogens is 3. The number of anilines is 1. The van der Waals surface area contributed by atoms with Crippen LogP contribution in [0.5, 0.6) is 5.75 Å². The molecular weight excluding hydrogens is 277 g/mol. The lowest BCUT2D eigenvalue weighted by atomic mass is 10.2. The molecule has 1 atom stereocenters. The van der Waals surface area contributed by atoms with E-state index in [1.165, 1.54) is 25.2 Å². The molecular formula is C12H11F3N2O3. The topological polar surface area (TPSA) is 58.6 Å². The predicted octanol–water partition coefficient (Wildman–Crippen LogP) is 1.75. The lowest BCUT2D eigenvalue weighted by molar-refractivity contribution is -0.274. The zero-order valence-electron chi connectivity index (χ0n) is 10.4.